The van der Waals surface area contributed by atoms with Gasteiger partial charge in [0.25, 0.3) is 0 Å². The molecule has 0 saturated heterocycles. The van der Waals surface area contributed by atoms with Gasteiger partial charge in [-0.3, -0.25) is 0 Å². The fourth-order valence-corrected chi connectivity index (χ4v) is 2.01. The molecule has 0 radical (unpaired) electrons. The van der Waals surface area contributed by atoms with Crippen LogP contribution in [0.2, 0.25) is 0 Å². The van der Waals surface area contributed by atoms with Gasteiger partial charge >= 0.3 is 6.09 Å². The summed E-state index contributed by atoms with van der Waals surface area (Å²) in [5, 5.41) is 6.15. The minimum Gasteiger partial charge on any atom is -0.491 e. The molecule has 1 atom stereocenters. The first-order valence-electron chi connectivity index (χ1n) is 8.07. The van der Waals surface area contributed by atoms with Gasteiger partial charge in [0.15, 0.2) is 0 Å². The van der Waals surface area contributed by atoms with Gasteiger partial charge in [0.1, 0.15) is 11.4 Å². The molecule has 1 unspecified atom stereocenters. The fourth-order valence-electron chi connectivity index (χ4n) is 2.01. The van der Waals surface area contributed by atoms with E-state index >= 15 is 0 Å². The van der Waals surface area contributed by atoms with Crippen LogP contribution in [0.4, 0.5) is 10.5 Å². The molecule has 0 aromatic heterocycles. The zero-order chi connectivity index (χ0) is 17.6. The minimum absolute atomic E-state index is 0.0816. The first kappa shape index (κ1) is 19.1. The third kappa shape index (κ3) is 7.77. The molecule has 23 heavy (non-hydrogen) atoms. The van der Waals surface area contributed by atoms with Crippen molar-refractivity contribution in [3.63, 3.8) is 0 Å². The molecule has 5 heteroatoms. The van der Waals surface area contributed by atoms with Crippen molar-refractivity contribution in [2.75, 3.05) is 11.9 Å². The third-order valence-corrected chi connectivity index (χ3v) is 2.92. The number of nitrogens with one attached hydrogen (secondary N) is 2. The Morgan fingerprint density at radius 3 is 2.39 bits per heavy atom. The Morgan fingerprint density at radius 2 is 1.87 bits per heavy atom. The molecule has 1 rings (SSSR count). The summed E-state index contributed by atoms with van der Waals surface area (Å²) in [6, 6.07) is 6.04. The van der Waals surface area contributed by atoms with Crippen LogP contribution < -0.4 is 15.4 Å². The van der Waals surface area contributed by atoms with Gasteiger partial charge in [-0.25, -0.2) is 4.79 Å². The van der Waals surface area contributed by atoms with Crippen molar-refractivity contribution in [1.82, 2.24) is 5.32 Å². The van der Waals surface area contributed by atoms with Crippen LogP contribution in [-0.4, -0.2) is 30.4 Å². The second-order valence-electron chi connectivity index (χ2n) is 7.07. The van der Waals surface area contributed by atoms with Gasteiger partial charge < -0.3 is 20.1 Å². The molecule has 1 aromatic rings. The highest BCUT2D eigenvalue weighted by atomic mass is 16.6. The molecule has 1 aromatic carbocycles. The van der Waals surface area contributed by atoms with E-state index in [1.54, 1.807) is 0 Å². The summed E-state index contributed by atoms with van der Waals surface area (Å²) in [4.78, 5) is 11.7. The van der Waals surface area contributed by atoms with Crippen molar-refractivity contribution in [1.29, 1.82) is 0 Å². The Bertz CT molecular complexity index is 521. The number of hydrogen-bond donors (Lipinski definition) is 2. The molecule has 0 aliphatic heterocycles. The SMILES string of the molecule is Cc1cc(OC(C)C)ccc1NC(C)CNC(=O)OC(C)(C)C. The van der Waals surface area contributed by atoms with Crippen molar-refractivity contribution in [3.05, 3.63) is 23.8 Å². The summed E-state index contributed by atoms with van der Waals surface area (Å²) < 4.78 is 10.9. The average molecular weight is 322 g/mol. The van der Waals surface area contributed by atoms with Gasteiger partial charge in [-0.1, -0.05) is 0 Å². The van der Waals surface area contributed by atoms with E-state index in [1.807, 2.05) is 66.7 Å². The van der Waals surface area contributed by atoms with E-state index < -0.39 is 11.7 Å². The Hall–Kier alpha value is -1.91. The first-order valence-corrected chi connectivity index (χ1v) is 8.07. The summed E-state index contributed by atoms with van der Waals surface area (Å²) in [6.07, 6.45) is -0.242. The first-order chi connectivity index (χ1) is 10.6. The smallest absolute Gasteiger partial charge is 0.407 e. The summed E-state index contributed by atoms with van der Waals surface area (Å²) >= 11 is 0. The van der Waals surface area contributed by atoms with Gasteiger partial charge in [-0.15, -0.1) is 0 Å². The van der Waals surface area contributed by atoms with Crippen LogP contribution in [0.15, 0.2) is 18.2 Å². The lowest BCUT2D eigenvalue weighted by molar-refractivity contribution is 0.0526. The molecule has 0 aliphatic rings. The number of benzene rings is 1. The molecule has 0 aliphatic carbocycles. The number of ether oxygens (including phenoxy) is 2. The zero-order valence-electron chi connectivity index (χ0n) is 15.3. The monoisotopic (exact) mass is 322 g/mol. The number of amides is 1. The highest BCUT2D eigenvalue weighted by Crippen LogP contribution is 2.22. The fraction of sp³-hybridized carbons (Fsp3) is 0.611. The highest BCUT2D eigenvalue weighted by molar-refractivity contribution is 5.67. The van der Waals surface area contributed by atoms with Crippen LogP contribution >= 0.6 is 0 Å². The number of carbonyl (C=O) groups is 1. The van der Waals surface area contributed by atoms with Crippen LogP contribution in [0.1, 0.15) is 47.1 Å². The minimum atomic E-state index is -0.483. The molecule has 1 amide bonds. The molecule has 5 nitrogen and oxygen atoms in total. The summed E-state index contributed by atoms with van der Waals surface area (Å²) in [5.41, 5.74) is 1.65. The number of carbonyl (C=O) groups excluding carboxylic acids is 1. The maximum Gasteiger partial charge on any atom is 0.407 e. The van der Waals surface area contributed by atoms with Crippen molar-refractivity contribution < 1.29 is 14.3 Å². The van der Waals surface area contributed by atoms with E-state index in [-0.39, 0.29) is 12.1 Å². The number of alkyl carbamates (subject to hydrolysis) is 1. The van der Waals surface area contributed by atoms with Crippen LogP contribution in [0.5, 0.6) is 5.75 Å². The van der Waals surface area contributed by atoms with Gasteiger partial charge in [0, 0.05) is 18.3 Å². The standard InChI is InChI=1S/C18H30N2O3/c1-12(2)22-15-8-9-16(13(3)10-15)20-14(4)11-19-17(21)23-18(5,6)7/h8-10,12,14,20H,11H2,1-7H3,(H,19,21). The molecule has 0 heterocycles. The molecule has 0 spiro atoms. The average Bonchev–Trinajstić information content (AvgIpc) is 2.37. The normalized spacial score (nSPS) is 12.7. The van der Waals surface area contributed by atoms with Gasteiger partial charge in [-0.2, -0.15) is 0 Å². The van der Waals surface area contributed by atoms with Crippen LogP contribution in [0, 0.1) is 6.92 Å². The Balaban J connectivity index is 2.51. The Morgan fingerprint density at radius 1 is 1.22 bits per heavy atom. The largest absolute Gasteiger partial charge is 0.491 e. The second kappa shape index (κ2) is 8.09. The summed E-state index contributed by atoms with van der Waals surface area (Å²) in [7, 11) is 0. The molecule has 0 fully saturated rings. The van der Waals surface area contributed by atoms with Crippen LogP contribution in [0.3, 0.4) is 0 Å². The molecule has 0 saturated carbocycles. The quantitative estimate of drug-likeness (QED) is 0.827. The van der Waals surface area contributed by atoms with Crippen LogP contribution in [-0.2, 0) is 4.74 Å². The van der Waals surface area contributed by atoms with Gasteiger partial charge in [-0.05, 0) is 72.2 Å². The number of anilines is 1. The predicted octanol–water partition coefficient (Wildman–Crippen LogP) is 4.11. The molecule has 2 N–H and O–H groups in total. The lowest BCUT2D eigenvalue weighted by atomic mass is 10.1. The van der Waals surface area contributed by atoms with E-state index in [0.29, 0.717) is 6.54 Å². The van der Waals surface area contributed by atoms with Gasteiger partial charge in [0.2, 0.25) is 0 Å². The lowest BCUT2D eigenvalue weighted by Crippen LogP contribution is -2.38. The van der Waals surface area contributed by atoms with E-state index in [0.717, 1.165) is 17.0 Å². The third-order valence-electron chi connectivity index (χ3n) is 2.92. The predicted molar refractivity (Wildman–Crippen MR) is 94.3 cm³/mol. The molecule has 130 valence electrons. The van der Waals surface area contributed by atoms with E-state index in [4.69, 9.17) is 9.47 Å². The molecular formula is C18H30N2O3. The Kier molecular flexibility index (Phi) is 6.73. The highest BCUT2D eigenvalue weighted by Gasteiger charge is 2.16. The van der Waals surface area contributed by atoms with E-state index in [2.05, 4.69) is 10.6 Å². The second-order valence-corrected chi connectivity index (χ2v) is 7.07. The maximum atomic E-state index is 11.7. The topological polar surface area (TPSA) is 59.6 Å². The Labute approximate surface area is 139 Å². The number of rotatable bonds is 6. The van der Waals surface area contributed by atoms with Crippen molar-refractivity contribution >= 4 is 11.8 Å². The molecular weight excluding hydrogens is 292 g/mol. The van der Waals surface area contributed by atoms with Gasteiger partial charge in [0.05, 0.1) is 6.10 Å². The van der Waals surface area contributed by atoms with Crippen molar-refractivity contribution in [2.24, 2.45) is 0 Å². The maximum absolute atomic E-state index is 11.7. The summed E-state index contributed by atoms with van der Waals surface area (Å²) in [6.45, 7) is 14.1. The van der Waals surface area contributed by atoms with E-state index in [1.165, 1.54) is 0 Å². The van der Waals surface area contributed by atoms with Crippen molar-refractivity contribution in [2.45, 2.75) is 66.2 Å². The lowest BCUT2D eigenvalue weighted by Gasteiger charge is -2.22. The number of hydrogen-bond acceptors (Lipinski definition) is 4. The number of aryl methyl sites for hydroxylation is 1. The molecule has 0 bridgehead atoms. The van der Waals surface area contributed by atoms with E-state index in [9.17, 15) is 4.79 Å². The summed E-state index contributed by atoms with van der Waals surface area (Å²) in [5.74, 6) is 0.864. The van der Waals surface area contributed by atoms with Crippen molar-refractivity contribution in [3.8, 4) is 5.75 Å². The van der Waals surface area contributed by atoms with Crippen LogP contribution in [0.25, 0.3) is 0 Å². The zero-order valence-corrected chi connectivity index (χ0v) is 15.3.